The molecular weight excluding hydrogens is 278 g/mol. The Morgan fingerprint density at radius 3 is 2.59 bits per heavy atom. The molecule has 2 aromatic rings. The number of nitrogens with one attached hydrogen (secondary N) is 1. The van der Waals surface area contributed by atoms with Crippen LogP contribution in [0, 0.1) is 11.8 Å². The summed E-state index contributed by atoms with van der Waals surface area (Å²) in [5, 5.41) is 0. The average molecular weight is 299 g/mol. The van der Waals surface area contributed by atoms with Gasteiger partial charge in [0.25, 0.3) is 0 Å². The highest BCUT2D eigenvalue weighted by molar-refractivity contribution is 5.81. The van der Waals surface area contributed by atoms with Crippen LogP contribution in [0.2, 0.25) is 0 Å². The maximum absolute atomic E-state index is 12.3. The predicted molar refractivity (Wildman–Crippen MR) is 84.7 cm³/mol. The Morgan fingerprint density at radius 2 is 1.91 bits per heavy atom. The van der Waals surface area contributed by atoms with Crippen LogP contribution in [0.15, 0.2) is 29.1 Å². The van der Waals surface area contributed by atoms with Crippen molar-refractivity contribution in [3.63, 3.8) is 0 Å². The molecule has 0 unspecified atom stereocenters. The topological polar surface area (TPSA) is 58.1 Å². The van der Waals surface area contributed by atoms with Gasteiger partial charge in [0.05, 0.1) is 11.0 Å². The Labute approximate surface area is 128 Å². The quantitative estimate of drug-likeness (QED) is 0.923. The molecule has 22 heavy (non-hydrogen) atoms. The van der Waals surface area contributed by atoms with Gasteiger partial charge in [0.1, 0.15) is 0 Å². The highest BCUT2D eigenvalue weighted by Crippen LogP contribution is 2.40. The summed E-state index contributed by atoms with van der Waals surface area (Å²) in [6, 6.07) is 7.99. The van der Waals surface area contributed by atoms with E-state index in [2.05, 4.69) is 11.9 Å². The molecule has 2 heterocycles. The molecule has 5 nitrogen and oxygen atoms in total. The average Bonchev–Trinajstić information content (AvgIpc) is 3.16. The van der Waals surface area contributed by atoms with Gasteiger partial charge in [-0.2, -0.15) is 0 Å². The van der Waals surface area contributed by atoms with Crippen LogP contribution in [-0.2, 0) is 4.79 Å². The summed E-state index contributed by atoms with van der Waals surface area (Å²) in [4.78, 5) is 29.4. The van der Waals surface area contributed by atoms with Crippen LogP contribution in [0.1, 0.15) is 32.2 Å². The Kier molecular flexibility index (Phi) is 3.10. The van der Waals surface area contributed by atoms with E-state index >= 15 is 0 Å². The molecular formula is C17H21N3O2. The second-order valence-electron chi connectivity index (χ2n) is 6.69. The minimum Gasteiger partial charge on any atom is -0.342 e. The van der Waals surface area contributed by atoms with Crippen LogP contribution in [0.4, 0.5) is 0 Å². The molecule has 2 aliphatic rings. The van der Waals surface area contributed by atoms with Crippen LogP contribution in [0.25, 0.3) is 11.0 Å². The number of hydrogen-bond donors (Lipinski definition) is 1. The van der Waals surface area contributed by atoms with E-state index in [0.717, 1.165) is 43.4 Å². The highest BCUT2D eigenvalue weighted by atomic mass is 16.2. The van der Waals surface area contributed by atoms with E-state index in [0.29, 0.717) is 11.8 Å². The lowest BCUT2D eigenvalue weighted by Gasteiger charge is -2.32. The number of imidazole rings is 1. The van der Waals surface area contributed by atoms with Gasteiger partial charge in [-0.15, -0.1) is 0 Å². The van der Waals surface area contributed by atoms with Crippen LogP contribution < -0.4 is 5.69 Å². The van der Waals surface area contributed by atoms with E-state index in [1.165, 1.54) is 0 Å². The summed E-state index contributed by atoms with van der Waals surface area (Å²) in [6.07, 6.45) is 2.75. The molecule has 2 fully saturated rings. The van der Waals surface area contributed by atoms with Crippen molar-refractivity contribution in [2.24, 2.45) is 11.8 Å². The Morgan fingerprint density at radius 1 is 1.23 bits per heavy atom. The lowest BCUT2D eigenvalue weighted by molar-refractivity contribution is -0.134. The molecule has 1 amide bonds. The molecule has 5 heteroatoms. The number of carbonyl (C=O) groups excluding carboxylic acids is 1. The summed E-state index contributed by atoms with van der Waals surface area (Å²) in [5.74, 6) is 1.13. The van der Waals surface area contributed by atoms with Crippen molar-refractivity contribution < 1.29 is 4.79 Å². The van der Waals surface area contributed by atoms with E-state index in [-0.39, 0.29) is 17.6 Å². The molecule has 0 radical (unpaired) electrons. The van der Waals surface area contributed by atoms with Gasteiger partial charge < -0.3 is 9.88 Å². The lowest BCUT2D eigenvalue weighted by Crippen LogP contribution is -2.41. The largest absolute Gasteiger partial charge is 0.342 e. The zero-order chi connectivity index (χ0) is 15.3. The first kappa shape index (κ1) is 13.6. The van der Waals surface area contributed by atoms with E-state index < -0.39 is 0 Å². The molecule has 1 aromatic heterocycles. The molecule has 1 N–H and O–H groups in total. The number of para-hydroxylation sites is 2. The van der Waals surface area contributed by atoms with Crippen LogP contribution in [-0.4, -0.2) is 33.4 Å². The normalized spacial score (nSPS) is 25.6. The molecule has 1 aliphatic carbocycles. The number of carbonyl (C=O) groups is 1. The molecule has 1 aromatic carbocycles. The smallest absolute Gasteiger partial charge is 0.326 e. The zero-order valence-corrected chi connectivity index (χ0v) is 12.8. The van der Waals surface area contributed by atoms with Crippen molar-refractivity contribution in [1.82, 2.24) is 14.5 Å². The maximum atomic E-state index is 12.3. The van der Waals surface area contributed by atoms with Crippen molar-refractivity contribution >= 4 is 16.9 Å². The Hall–Kier alpha value is -2.04. The van der Waals surface area contributed by atoms with Gasteiger partial charge in [0, 0.05) is 25.0 Å². The summed E-state index contributed by atoms with van der Waals surface area (Å²) in [5.41, 5.74) is 1.81. The van der Waals surface area contributed by atoms with E-state index in [1.54, 1.807) is 0 Å². The number of amides is 1. The fraction of sp³-hybridized carbons (Fsp3) is 0.529. The second kappa shape index (κ2) is 5.00. The zero-order valence-electron chi connectivity index (χ0n) is 12.8. The molecule has 1 saturated heterocycles. The van der Waals surface area contributed by atoms with E-state index in [1.807, 2.05) is 33.7 Å². The Balaban J connectivity index is 1.52. The van der Waals surface area contributed by atoms with Crippen molar-refractivity contribution in [1.29, 1.82) is 0 Å². The number of rotatable bonds is 2. The van der Waals surface area contributed by atoms with Gasteiger partial charge in [-0.3, -0.25) is 9.36 Å². The molecule has 4 rings (SSSR count). The summed E-state index contributed by atoms with van der Waals surface area (Å²) < 4.78 is 1.87. The van der Waals surface area contributed by atoms with Gasteiger partial charge in [-0.25, -0.2) is 4.79 Å². The van der Waals surface area contributed by atoms with Gasteiger partial charge in [-0.1, -0.05) is 19.1 Å². The SMILES string of the molecule is C[C@@H]1C[C@H]1C(=O)N1CCC(n2c(=O)[nH]c3ccccc32)CC1. The molecule has 1 saturated carbocycles. The molecule has 0 spiro atoms. The third-order valence-electron chi connectivity index (χ3n) is 5.19. The Bertz CT molecular complexity index is 768. The summed E-state index contributed by atoms with van der Waals surface area (Å²) in [6.45, 7) is 3.66. The minimum atomic E-state index is -0.0400. The lowest BCUT2D eigenvalue weighted by atomic mass is 10.0. The number of benzene rings is 1. The van der Waals surface area contributed by atoms with Gasteiger partial charge in [0.15, 0.2) is 0 Å². The standard InChI is InChI=1S/C17H21N3O2/c1-11-10-13(11)16(21)19-8-6-12(7-9-19)20-15-5-3-2-4-14(15)18-17(20)22/h2-5,11-13H,6-10H2,1H3,(H,18,22)/t11-,13-/m1/s1. The fourth-order valence-electron chi connectivity index (χ4n) is 3.68. The number of nitrogens with zero attached hydrogens (tertiary/aromatic N) is 2. The predicted octanol–water partition coefficient (Wildman–Crippen LogP) is 2.15. The first-order chi connectivity index (χ1) is 10.6. The van der Waals surface area contributed by atoms with Crippen molar-refractivity contribution in [2.45, 2.75) is 32.2 Å². The van der Waals surface area contributed by atoms with Crippen LogP contribution in [0.5, 0.6) is 0 Å². The second-order valence-corrected chi connectivity index (χ2v) is 6.69. The third-order valence-corrected chi connectivity index (χ3v) is 5.19. The van der Waals surface area contributed by atoms with Crippen molar-refractivity contribution in [3.05, 3.63) is 34.7 Å². The highest BCUT2D eigenvalue weighted by Gasteiger charge is 2.42. The summed E-state index contributed by atoms with van der Waals surface area (Å²) in [7, 11) is 0. The van der Waals surface area contributed by atoms with E-state index in [9.17, 15) is 9.59 Å². The monoisotopic (exact) mass is 299 g/mol. The van der Waals surface area contributed by atoms with Crippen molar-refractivity contribution in [3.8, 4) is 0 Å². The maximum Gasteiger partial charge on any atom is 0.326 e. The fourth-order valence-corrected chi connectivity index (χ4v) is 3.68. The van der Waals surface area contributed by atoms with E-state index in [4.69, 9.17) is 0 Å². The van der Waals surface area contributed by atoms with Crippen molar-refractivity contribution in [2.75, 3.05) is 13.1 Å². The van der Waals surface area contributed by atoms with Gasteiger partial charge in [0.2, 0.25) is 5.91 Å². The number of aromatic amines is 1. The number of H-pyrrole nitrogens is 1. The molecule has 1 aliphatic heterocycles. The first-order valence-electron chi connectivity index (χ1n) is 8.13. The summed E-state index contributed by atoms with van der Waals surface area (Å²) >= 11 is 0. The number of aromatic nitrogens is 2. The molecule has 116 valence electrons. The number of likely N-dealkylation sites (tertiary alicyclic amines) is 1. The van der Waals surface area contributed by atoms with Crippen LogP contribution >= 0.6 is 0 Å². The van der Waals surface area contributed by atoms with Crippen LogP contribution in [0.3, 0.4) is 0 Å². The first-order valence-corrected chi connectivity index (χ1v) is 8.13. The molecule has 0 bridgehead atoms. The van der Waals surface area contributed by atoms with Gasteiger partial charge >= 0.3 is 5.69 Å². The third kappa shape index (κ3) is 2.16. The molecule has 2 atom stereocenters. The number of hydrogen-bond acceptors (Lipinski definition) is 2. The number of fused-ring (bicyclic) bond motifs is 1. The van der Waals surface area contributed by atoms with Gasteiger partial charge in [-0.05, 0) is 37.3 Å². The number of piperidine rings is 1. The minimum absolute atomic E-state index is 0.0400.